The predicted molar refractivity (Wildman–Crippen MR) is 123 cm³/mol. The molecular weight excluding hydrogens is 398 g/mol. The summed E-state index contributed by atoms with van der Waals surface area (Å²) in [5.74, 6) is 1.31. The van der Waals surface area contributed by atoms with Gasteiger partial charge >= 0.3 is 0 Å². The van der Waals surface area contributed by atoms with Crippen LogP contribution in [0, 0.1) is 5.92 Å². The Labute approximate surface area is 182 Å². The average molecular weight is 436 g/mol. The van der Waals surface area contributed by atoms with Crippen LogP contribution in [0.25, 0.3) is 0 Å². The van der Waals surface area contributed by atoms with Crippen LogP contribution in [0.2, 0.25) is 0 Å². The summed E-state index contributed by atoms with van der Waals surface area (Å²) in [6.07, 6.45) is 5.50. The molecule has 1 unspecified atom stereocenters. The molecule has 2 aliphatic heterocycles. The number of nitrogens with one attached hydrogen (secondary N) is 2. The van der Waals surface area contributed by atoms with E-state index < -0.39 is 10.0 Å². The summed E-state index contributed by atoms with van der Waals surface area (Å²) >= 11 is 0. The quantitative estimate of drug-likeness (QED) is 0.482. The van der Waals surface area contributed by atoms with Crippen LogP contribution in [0.3, 0.4) is 0 Å². The molecule has 0 aromatic heterocycles. The molecule has 2 fully saturated rings. The Kier molecular flexibility index (Phi) is 8.53. The van der Waals surface area contributed by atoms with E-state index in [1.807, 2.05) is 0 Å². The fourth-order valence-electron chi connectivity index (χ4n) is 4.35. The number of hydrogen-bond acceptors (Lipinski definition) is 4. The molecule has 0 saturated carbocycles. The summed E-state index contributed by atoms with van der Waals surface area (Å²) < 4.78 is 24.9. The lowest BCUT2D eigenvalue weighted by molar-refractivity contribution is 0.245. The second-order valence-electron chi connectivity index (χ2n) is 8.46. The third kappa shape index (κ3) is 6.96. The molecule has 8 heteroatoms. The van der Waals surface area contributed by atoms with Gasteiger partial charge in [0.15, 0.2) is 5.96 Å². The molecule has 0 bridgehead atoms. The van der Waals surface area contributed by atoms with Gasteiger partial charge in [-0.05, 0) is 50.6 Å². The molecule has 2 heterocycles. The van der Waals surface area contributed by atoms with Crippen LogP contribution in [0.5, 0.6) is 0 Å². The number of hydrogen-bond donors (Lipinski definition) is 2. The maximum absolute atomic E-state index is 11.7. The summed E-state index contributed by atoms with van der Waals surface area (Å²) in [4.78, 5) is 7.36. The number of guanidine groups is 1. The predicted octanol–water partition coefficient (Wildman–Crippen LogP) is 1.88. The van der Waals surface area contributed by atoms with Crippen LogP contribution in [0.1, 0.15) is 38.2 Å². The first-order chi connectivity index (χ1) is 14.5. The van der Waals surface area contributed by atoms with Crippen molar-refractivity contribution in [1.29, 1.82) is 0 Å². The van der Waals surface area contributed by atoms with E-state index in [0.29, 0.717) is 25.0 Å². The van der Waals surface area contributed by atoms with Gasteiger partial charge in [-0.3, -0.25) is 9.89 Å². The number of sulfonamides is 1. The number of likely N-dealkylation sites (tertiary alicyclic amines) is 1. The zero-order valence-corrected chi connectivity index (χ0v) is 19.2. The fourth-order valence-corrected chi connectivity index (χ4v) is 5.23. The van der Waals surface area contributed by atoms with Crippen molar-refractivity contribution in [3.63, 3.8) is 0 Å². The van der Waals surface area contributed by atoms with Crippen LogP contribution in [0.4, 0.5) is 0 Å². The van der Waals surface area contributed by atoms with Gasteiger partial charge in [-0.2, -0.15) is 0 Å². The summed E-state index contributed by atoms with van der Waals surface area (Å²) in [5.41, 5.74) is 1.37. The summed E-state index contributed by atoms with van der Waals surface area (Å²) in [5, 5.41) is 6.90. The maximum atomic E-state index is 11.7. The van der Waals surface area contributed by atoms with Crippen molar-refractivity contribution < 1.29 is 8.42 Å². The Morgan fingerprint density at radius 3 is 2.50 bits per heavy atom. The largest absolute Gasteiger partial charge is 0.357 e. The number of aliphatic imine (C=N–C) groups is 1. The lowest BCUT2D eigenvalue weighted by Gasteiger charge is -2.29. The summed E-state index contributed by atoms with van der Waals surface area (Å²) in [6, 6.07) is 11.2. The van der Waals surface area contributed by atoms with Gasteiger partial charge < -0.3 is 10.6 Å². The maximum Gasteiger partial charge on any atom is 0.211 e. The van der Waals surface area contributed by atoms with Crippen LogP contribution >= 0.6 is 0 Å². The van der Waals surface area contributed by atoms with Crippen molar-refractivity contribution in [2.24, 2.45) is 10.9 Å². The van der Waals surface area contributed by atoms with Gasteiger partial charge in [0.1, 0.15) is 0 Å². The Hall–Kier alpha value is -1.64. The van der Waals surface area contributed by atoms with Crippen LogP contribution in [0.15, 0.2) is 35.3 Å². The topological polar surface area (TPSA) is 77.0 Å². The Morgan fingerprint density at radius 1 is 1.10 bits per heavy atom. The minimum Gasteiger partial charge on any atom is -0.357 e. The number of nitrogens with zero attached hydrogens (tertiary/aromatic N) is 3. The van der Waals surface area contributed by atoms with Crippen LogP contribution in [-0.4, -0.2) is 75.1 Å². The van der Waals surface area contributed by atoms with Gasteiger partial charge in [0.25, 0.3) is 0 Å². The second-order valence-corrected chi connectivity index (χ2v) is 10.4. The SMILES string of the molecule is CCNC(=NCC1CCN(S(C)(=O)=O)CC1)NCC1CCCN1Cc1ccccc1. The number of piperidine rings is 1. The van der Waals surface area contributed by atoms with Crippen molar-refractivity contribution in [1.82, 2.24) is 19.8 Å². The van der Waals surface area contributed by atoms with E-state index in [9.17, 15) is 8.42 Å². The number of rotatable bonds is 8. The molecule has 1 atom stereocenters. The van der Waals surface area contributed by atoms with Gasteiger partial charge in [0, 0.05) is 45.3 Å². The molecule has 2 saturated heterocycles. The molecule has 2 N–H and O–H groups in total. The minimum atomic E-state index is -3.07. The molecular formula is C22H37N5O2S. The monoisotopic (exact) mass is 435 g/mol. The van der Waals surface area contributed by atoms with Crippen molar-refractivity contribution in [3.8, 4) is 0 Å². The van der Waals surface area contributed by atoms with E-state index in [4.69, 9.17) is 4.99 Å². The highest BCUT2D eigenvalue weighted by atomic mass is 32.2. The molecule has 3 rings (SSSR count). The van der Waals surface area contributed by atoms with E-state index in [0.717, 1.165) is 51.5 Å². The molecule has 30 heavy (non-hydrogen) atoms. The van der Waals surface area contributed by atoms with Crippen LogP contribution < -0.4 is 10.6 Å². The molecule has 1 aromatic rings. The molecule has 0 radical (unpaired) electrons. The molecule has 0 aliphatic carbocycles. The molecule has 168 valence electrons. The average Bonchev–Trinajstić information content (AvgIpc) is 3.17. The molecule has 0 spiro atoms. The normalized spacial score (nSPS) is 22.3. The van der Waals surface area contributed by atoms with Crippen molar-refractivity contribution in [2.45, 2.75) is 45.2 Å². The van der Waals surface area contributed by atoms with E-state index in [1.165, 1.54) is 24.7 Å². The summed E-state index contributed by atoms with van der Waals surface area (Å²) in [7, 11) is -3.07. The van der Waals surface area contributed by atoms with E-state index in [2.05, 4.69) is 52.8 Å². The second kappa shape index (κ2) is 11.1. The number of benzene rings is 1. The minimum absolute atomic E-state index is 0.444. The Bertz CT molecular complexity index is 776. The molecule has 1 aromatic carbocycles. The van der Waals surface area contributed by atoms with Crippen molar-refractivity contribution >= 4 is 16.0 Å². The Morgan fingerprint density at radius 2 is 1.83 bits per heavy atom. The first kappa shape index (κ1) is 23.0. The first-order valence-corrected chi connectivity index (χ1v) is 13.1. The lowest BCUT2D eigenvalue weighted by atomic mass is 9.98. The van der Waals surface area contributed by atoms with Crippen molar-refractivity contribution in [2.75, 3.05) is 45.5 Å². The van der Waals surface area contributed by atoms with Gasteiger partial charge in [-0.25, -0.2) is 12.7 Å². The standard InChI is InChI=1S/C22H37N5O2S/c1-3-23-22(24-16-19-11-14-27(15-12-19)30(2,28)29)25-17-21-10-7-13-26(21)18-20-8-5-4-6-9-20/h4-6,8-9,19,21H,3,7,10-18H2,1-2H3,(H2,23,24,25). The smallest absolute Gasteiger partial charge is 0.211 e. The van der Waals surface area contributed by atoms with Crippen LogP contribution in [-0.2, 0) is 16.6 Å². The third-order valence-corrected chi connectivity index (χ3v) is 7.43. The molecule has 0 amide bonds. The zero-order chi connectivity index (χ0) is 21.4. The van der Waals surface area contributed by atoms with Gasteiger partial charge in [0.05, 0.1) is 6.26 Å². The van der Waals surface area contributed by atoms with Gasteiger partial charge in [0.2, 0.25) is 10.0 Å². The lowest BCUT2D eigenvalue weighted by Crippen LogP contribution is -2.45. The van der Waals surface area contributed by atoms with Gasteiger partial charge in [-0.15, -0.1) is 0 Å². The van der Waals surface area contributed by atoms with Crippen molar-refractivity contribution in [3.05, 3.63) is 35.9 Å². The van der Waals surface area contributed by atoms with E-state index >= 15 is 0 Å². The van der Waals surface area contributed by atoms with E-state index in [1.54, 1.807) is 4.31 Å². The highest BCUT2D eigenvalue weighted by molar-refractivity contribution is 7.88. The summed E-state index contributed by atoms with van der Waals surface area (Å²) in [6.45, 7) is 7.92. The first-order valence-electron chi connectivity index (χ1n) is 11.2. The third-order valence-electron chi connectivity index (χ3n) is 6.13. The highest BCUT2D eigenvalue weighted by Gasteiger charge is 2.26. The molecule has 2 aliphatic rings. The van der Waals surface area contributed by atoms with Gasteiger partial charge in [-0.1, -0.05) is 30.3 Å². The Balaban J connectivity index is 1.48. The van der Waals surface area contributed by atoms with E-state index in [-0.39, 0.29) is 0 Å². The zero-order valence-electron chi connectivity index (χ0n) is 18.4. The molecule has 7 nitrogen and oxygen atoms in total. The fraction of sp³-hybridized carbons (Fsp3) is 0.682. The highest BCUT2D eigenvalue weighted by Crippen LogP contribution is 2.20.